The summed E-state index contributed by atoms with van der Waals surface area (Å²) >= 11 is 0. The summed E-state index contributed by atoms with van der Waals surface area (Å²) < 4.78 is 25.5. The molecule has 0 unspecified atom stereocenters. The lowest BCUT2D eigenvalue weighted by Crippen LogP contribution is -2.59. The third-order valence-corrected chi connectivity index (χ3v) is 4.04. The largest absolute Gasteiger partial charge is 0.296 e. The van der Waals surface area contributed by atoms with E-state index in [-0.39, 0.29) is 18.3 Å². The van der Waals surface area contributed by atoms with E-state index < -0.39 is 5.92 Å². The van der Waals surface area contributed by atoms with Crippen LogP contribution in [0.5, 0.6) is 0 Å². The van der Waals surface area contributed by atoms with Gasteiger partial charge in [-0.05, 0) is 37.0 Å². The molecule has 0 amide bonds. The van der Waals surface area contributed by atoms with Crippen LogP contribution in [-0.2, 0) is 0 Å². The van der Waals surface area contributed by atoms with Gasteiger partial charge >= 0.3 is 0 Å². The fourth-order valence-electron chi connectivity index (χ4n) is 3.09. The zero-order valence-corrected chi connectivity index (χ0v) is 9.38. The zero-order valence-electron chi connectivity index (χ0n) is 9.38. The molecule has 3 rings (SSSR count). The van der Waals surface area contributed by atoms with E-state index in [1.165, 1.54) is 12.8 Å². The van der Waals surface area contributed by atoms with E-state index >= 15 is 0 Å². The van der Waals surface area contributed by atoms with Crippen LogP contribution in [0.1, 0.15) is 38.5 Å². The van der Waals surface area contributed by atoms with E-state index in [0.29, 0.717) is 12.7 Å². The number of hydrogen-bond donors (Lipinski definition) is 1. The maximum Gasteiger partial charge on any atom is 0.249 e. The van der Waals surface area contributed by atoms with Crippen LogP contribution in [0.4, 0.5) is 8.78 Å². The van der Waals surface area contributed by atoms with Crippen molar-refractivity contribution in [3.63, 3.8) is 0 Å². The first-order valence-electron chi connectivity index (χ1n) is 6.18. The molecule has 0 saturated heterocycles. The quantitative estimate of drug-likeness (QED) is 0.735. The van der Waals surface area contributed by atoms with Crippen molar-refractivity contribution in [2.45, 2.75) is 50.5 Å². The molecule has 0 bridgehead atoms. The lowest BCUT2D eigenvalue weighted by Gasteiger charge is -2.57. The highest BCUT2D eigenvalue weighted by Gasteiger charge is 2.61. The Hall–Kier alpha value is -0.510. The van der Waals surface area contributed by atoms with Crippen molar-refractivity contribution >= 4 is 6.21 Å². The second-order valence-electron chi connectivity index (χ2n) is 5.85. The minimum Gasteiger partial charge on any atom is -0.296 e. The number of aliphatic imine (C=N–C) groups is 1. The van der Waals surface area contributed by atoms with Crippen LogP contribution in [0.15, 0.2) is 4.99 Å². The van der Waals surface area contributed by atoms with E-state index in [2.05, 4.69) is 10.3 Å². The number of nitrogens with one attached hydrogen (secondary N) is 1. The Morgan fingerprint density at radius 2 is 1.94 bits per heavy atom. The lowest BCUT2D eigenvalue weighted by atomic mass is 9.52. The first-order valence-corrected chi connectivity index (χ1v) is 6.18. The molecule has 0 heterocycles. The number of rotatable bonds is 4. The average Bonchev–Trinajstić information content (AvgIpc) is 2.88. The minimum absolute atomic E-state index is 0.0125. The summed E-state index contributed by atoms with van der Waals surface area (Å²) in [6.07, 6.45) is 6.66. The van der Waals surface area contributed by atoms with E-state index in [4.69, 9.17) is 0 Å². The molecule has 0 aromatic rings. The lowest BCUT2D eigenvalue weighted by molar-refractivity contribution is -0.198. The van der Waals surface area contributed by atoms with Crippen LogP contribution >= 0.6 is 0 Å². The molecule has 1 spiro atoms. The van der Waals surface area contributed by atoms with Crippen LogP contribution in [0, 0.1) is 11.3 Å². The first-order chi connectivity index (χ1) is 7.57. The van der Waals surface area contributed by atoms with Crippen LogP contribution in [-0.4, -0.2) is 24.8 Å². The predicted octanol–water partition coefficient (Wildman–Crippen LogP) is 2.59. The second kappa shape index (κ2) is 3.49. The van der Waals surface area contributed by atoms with Crippen molar-refractivity contribution in [1.29, 1.82) is 0 Å². The summed E-state index contributed by atoms with van der Waals surface area (Å²) in [5.74, 6) is -1.64. The summed E-state index contributed by atoms with van der Waals surface area (Å²) in [5, 5.41) is 3.31. The van der Waals surface area contributed by atoms with E-state index in [9.17, 15) is 8.78 Å². The SMILES string of the molecule is FC1(F)CC2(CC(NCN=CC3CC3)C2)C1. The van der Waals surface area contributed by atoms with Gasteiger partial charge in [-0.1, -0.05) is 0 Å². The van der Waals surface area contributed by atoms with E-state index in [0.717, 1.165) is 18.8 Å². The molecule has 3 fully saturated rings. The molecular weight excluding hydrogens is 210 g/mol. The third-order valence-electron chi connectivity index (χ3n) is 4.04. The minimum atomic E-state index is -2.37. The summed E-state index contributed by atoms with van der Waals surface area (Å²) in [6, 6.07) is 0.424. The van der Waals surface area contributed by atoms with Crippen LogP contribution < -0.4 is 5.32 Å². The van der Waals surface area contributed by atoms with E-state index in [1.54, 1.807) is 0 Å². The Balaban J connectivity index is 1.32. The standard InChI is InChI=1S/C12H18F2N2/c13-12(14)6-11(7-12)3-10(4-11)16-8-15-5-9-1-2-9/h5,9-10,16H,1-4,6-8H2. The molecule has 3 aliphatic carbocycles. The summed E-state index contributed by atoms with van der Waals surface area (Å²) in [5.41, 5.74) is -0.0125. The van der Waals surface area contributed by atoms with E-state index in [1.807, 2.05) is 6.21 Å². The Labute approximate surface area is 94.5 Å². The van der Waals surface area contributed by atoms with Gasteiger partial charge in [0.25, 0.3) is 0 Å². The molecular formula is C12H18F2N2. The Bertz CT molecular complexity index is 294. The smallest absolute Gasteiger partial charge is 0.249 e. The summed E-state index contributed by atoms with van der Waals surface area (Å²) in [7, 11) is 0. The van der Waals surface area contributed by atoms with Gasteiger partial charge < -0.3 is 0 Å². The zero-order chi connectivity index (χ0) is 11.2. The number of halogens is 2. The Morgan fingerprint density at radius 1 is 1.25 bits per heavy atom. The van der Waals surface area contributed by atoms with Gasteiger partial charge in [0.2, 0.25) is 5.92 Å². The molecule has 0 aromatic carbocycles. The van der Waals surface area contributed by atoms with Gasteiger partial charge in [0.05, 0.1) is 6.67 Å². The van der Waals surface area contributed by atoms with Gasteiger partial charge in [0, 0.05) is 25.1 Å². The number of nitrogens with zero attached hydrogens (tertiary/aromatic N) is 1. The average molecular weight is 228 g/mol. The highest BCUT2D eigenvalue weighted by Crippen LogP contribution is 2.62. The molecule has 16 heavy (non-hydrogen) atoms. The third kappa shape index (κ3) is 2.12. The topological polar surface area (TPSA) is 24.4 Å². The fraction of sp³-hybridized carbons (Fsp3) is 0.917. The second-order valence-corrected chi connectivity index (χ2v) is 5.85. The normalized spacial score (nSPS) is 31.6. The number of alkyl halides is 2. The highest BCUT2D eigenvalue weighted by molar-refractivity contribution is 5.63. The van der Waals surface area contributed by atoms with Crippen molar-refractivity contribution in [1.82, 2.24) is 5.32 Å². The molecule has 3 aliphatic rings. The monoisotopic (exact) mass is 228 g/mol. The van der Waals surface area contributed by atoms with Crippen molar-refractivity contribution in [2.75, 3.05) is 6.67 Å². The van der Waals surface area contributed by atoms with Crippen LogP contribution in [0.25, 0.3) is 0 Å². The molecule has 3 saturated carbocycles. The van der Waals surface area contributed by atoms with Crippen LogP contribution in [0.2, 0.25) is 0 Å². The Morgan fingerprint density at radius 3 is 2.50 bits per heavy atom. The predicted molar refractivity (Wildman–Crippen MR) is 58.9 cm³/mol. The van der Waals surface area contributed by atoms with Gasteiger partial charge in [0.15, 0.2) is 0 Å². The molecule has 0 aliphatic heterocycles. The van der Waals surface area contributed by atoms with Gasteiger partial charge in [-0.2, -0.15) is 0 Å². The summed E-state index contributed by atoms with van der Waals surface area (Å²) in [4.78, 5) is 4.29. The molecule has 0 atom stereocenters. The van der Waals surface area contributed by atoms with Crippen molar-refractivity contribution in [3.05, 3.63) is 0 Å². The molecule has 4 heteroatoms. The maximum absolute atomic E-state index is 12.7. The Kier molecular flexibility index (Phi) is 2.32. The number of hydrogen-bond acceptors (Lipinski definition) is 2. The van der Waals surface area contributed by atoms with Crippen molar-refractivity contribution in [2.24, 2.45) is 16.3 Å². The van der Waals surface area contributed by atoms with Crippen molar-refractivity contribution in [3.8, 4) is 0 Å². The summed E-state index contributed by atoms with van der Waals surface area (Å²) in [6.45, 7) is 0.660. The first kappa shape index (κ1) is 10.6. The molecule has 90 valence electrons. The van der Waals surface area contributed by atoms with Crippen molar-refractivity contribution < 1.29 is 8.78 Å². The molecule has 0 aromatic heterocycles. The molecule has 0 radical (unpaired) electrons. The van der Waals surface area contributed by atoms with Gasteiger partial charge in [-0.25, -0.2) is 8.78 Å². The molecule has 1 N–H and O–H groups in total. The maximum atomic E-state index is 12.7. The van der Waals surface area contributed by atoms with Gasteiger partial charge in [-0.3, -0.25) is 10.3 Å². The fourth-order valence-corrected chi connectivity index (χ4v) is 3.09. The molecule has 2 nitrogen and oxygen atoms in total. The van der Waals surface area contributed by atoms with Gasteiger partial charge in [0.1, 0.15) is 0 Å². The van der Waals surface area contributed by atoms with Crippen LogP contribution in [0.3, 0.4) is 0 Å². The highest BCUT2D eigenvalue weighted by atomic mass is 19.3. The van der Waals surface area contributed by atoms with Gasteiger partial charge in [-0.15, -0.1) is 0 Å².